The predicted octanol–water partition coefficient (Wildman–Crippen LogP) is 3.55. The number of nitrogens with zero attached hydrogens (tertiary/aromatic N) is 2. The van der Waals surface area contributed by atoms with Crippen LogP contribution in [-0.4, -0.2) is 34.8 Å². The molecule has 1 aliphatic heterocycles. The second kappa shape index (κ2) is 7.53. The zero-order valence-corrected chi connectivity index (χ0v) is 13.9. The van der Waals surface area contributed by atoms with E-state index in [0.717, 1.165) is 50.1 Å². The summed E-state index contributed by atoms with van der Waals surface area (Å²) in [6.45, 7) is 1.49. The lowest BCUT2D eigenvalue weighted by molar-refractivity contribution is 0.0756. The van der Waals surface area contributed by atoms with E-state index < -0.39 is 11.7 Å². The minimum Gasteiger partial charge on any atom is -0.337 e. The number of hydrogen-bond donors (Lipinski definition) is 1. The minimum atomic E-state index is -0.590. The van der Waals surface area contributed by atoms with Crippen LogP contribution >= 0.6 is 11.3 Å². The number of anilines is 1. The number of likely N-dealkylation sites (tertiary alicyclic amines) is 1. The van der Waals surface area contributed by atoms with Gasteiger partial charge in [0, 0.05) is 18.5 Å². The van der Waals surface area contributed by atoms with E-state index in [1.54, 1.807) is 11.4 Å². The van der Waals surface area contributed by atoms with Crippen LogP contribution in [0.3, 0.4) is 0 Å². The molecule has 1 aliphatic rings. The molecule has 126 valence electrons. The summed E-state index contributed by atoms with van der Waals surface area (Å²) < 4.78 is 13.6. The quantitative estimate of drug-likeness (QED) is 0.923. The highest BCUT2D eigenvalue weighted by Crippen LogP contribution is 2.20. The van der Waals surface area contributed by atoms with Crippen molar-refractivity contribution in [3.05, 3.63) is 46.7 Å². The number of aromatic nitrogens is 1. The maximum atomic E-state index is 13.6. The number of carbonyl (C=O) groups is 2. The van der Waals surface area contributed by atoms with Gasteiger partial charge in [-0.15, -0.1) is 11.3 Å². The standard InChI is InChI=1S/C17H18FN3O2S/c18-13-8-4-3-7-12(13)15(22)20-17-19-14(11-24-17)16(23)21-9-5-1-2-6-10-21/h3-4,7-8,11H,1-2,5-6,9-10H2,(H,19,20,22). The molecule has 2 aromatic rings. The van der Waals surface area contributed by atoms with Crippen molar-refractivity contribution in [2.24, 2.45) is 0 Å². The van der Waals surface area contributed by atoms with Crippen molar-refractivity contribution in [1.29, 1.82) is 0 Å². The van der Waals surface area contributed by atoms with E-state index in [4.69, 9.17) is 0 Å². The van der Waals surface area contributed by atoms with Gasteiger partial charge in [-0.25, -0.2) is 9.37 Å². The number of hydrogen-bond acceptors (Lipinski definition) is 4. The van der Waals surface area contributed by atoms with E-state index >= 15 is 0 Å². The average Bonchev–Trinajstić information content (AvgIpc) is 2.87. The van der Waals surface area contributed by atoms with Gasteiger partial charge in [-0.05, 0) is 25.0 Å². The zero-order valence-electron chi connectivity index (χ0n) is 13.1. The Labute approximate surface area is 143 Å². The second-order valence-electron chi connectivity index (χ2n) is 5.68. The van der Waals surface area contributed by atoms with Crippen LogP contribution in [0.15, 0.2) is 29.6 Å². The van der Waals surface area contributed by atoms with Gasteiger partial charge in [0.2, 0.25) is 0 Å². The highest BCUT2D eigenvalue weighted by molar-refractivity contribution is 7.14. The van der Waals surface area contributed by atoms with Crippen LogP contribution in [0.2, 0.25) is 0 Å². The van der Waals surface area contributed by atoms with Crippen molar-refractivity contribution in [3.8, 4) is 0 Å². The third-order valence-corrected chi connectivity index (χ3v) is 4.71. The predicted molar refractivity (Wildman–Crippen MR) is 90.8 cm³/mol. The Morgan fingerprint density at radius 1 is 1.12 bits per heavy atom. The molecular weight excluding hydrogens is 329 g/mol. The Kier molecular flexibility index (Phi) is 5.20. The zero-order chi connectivity index (χ0) is 16.9. The second-order valence-corrected chi connectivity index (χ2v) is 6.54. The van der Waals surface area contributed by atoms with Gasteiger partial charge in [-0.3, -0.25) is 14.9 Å². The molecule has 1 saturated heterocycles. The number of benzene rings is 1. The molecule has 0 atom stereocenters. The summed E-state index contributed by atoms with van der Waals surface area (Å²) in [7, 11) is 0. The van der Waals surface area contributed by atoms with Crippen LogP contribution in [0.5, 0.6) is 0 Å². The fourth-order valence-corrected chi connectivity index (χ4v) is 3.35. The molecular formula is C17H18FN3O2S. The first-order chi connectivity index (χ1) is 11.6. The Bertz CT molecular complexity index is 739. The summed E-state index contributed by atoms with van der Waals surface area (Å²) >= 11 is 1.16. The summed E-state index contributed by atoms with van der Waals surface area (Å²) in [4.78, 5) is 30.5. The van der Waals surface area contributed by atoms with Crippen LogP contribution in [0.1, 0.15) is 46.5 Å². The first-order valence-corrected chi connectivity index (χ1v) is 8.84. The molecule has 2 amide bonds. The fourth-order valence-electron chi connectivity index (χ4n) is 2.67. The smallest absolute Gasteiger partial charge is 0.273 e. The maximum Gasteiger partial charge on any atom is 0.273 e. The van der Waals surface area contributed by atoms with Gasteiger partial charge in [0.15, 0.2) is 5.13 Å². The SMILES string of the molecule is O=C(Nc1nc(C(=O)N2CCCCCC2)cs1)c1ccccc1F. The number of halogens is 1. The molecule has 1 N–H and O–H groups in total. The van der Waals surface area contributed by atoms with Crippen LogP contribution in [0.4, 0.5) is 9.52 Å². The first-order valence-electron chi connectivity index (χ1n) is 7.96. The van der Waals surface area contributed by atoms with Gasteiger partial charge in [0.1, 0.15) is 11.5 Å². The summed E-state index contributed by atoms with van der Waals surface area (Å²) in [6.07, 6.45) is 4.30. The van der Waals surface area contributed by atoms with Crippen LogP contribution in [0.25, 0.3) is 0 Å². The van der Waals surface area contributed by atoms with E-state index in [-0.39, 0.29) is 11.5 Å². The molecule has 3 rings (SSSR count). The van der Waals surface area contributed by atoms with Crippen LogP contribution in [-0.2, 0) is 0 Å². The van der Waals surface area contributed by atoms with Gasteiger partial charge in [0.05, 0.1) is 5.56 Å². The van der Waals surface area contributed by atoms with Gasteiger partial charge in [0.25, 0.3) is 11.8 Å². The van der Waals surface area contributed by atoms with E-state index in [2.05, 4.69) is 10.3 Å². The lowest BCUT2D eigenvalue weighted by Crippen LogP contribution is -2.32. The molecule has 1 fully saturated rings. The van der Waals surface area contributed by atoms with Crippen molar-refractivity contribution < 1.29 is 14.0 Å². The highest BCUT2D eigenvalue weighted by atomic mass is 32.1. The van der Waals surface area contributed by atoms with Gasteiger partial charge >= 0.3 is 0 Å². The Hall–Kier alpha value is -2.28. The Morgan fingerprint density at radius 2 is 1.83 bits per heavy atom. The molecule has 1 aromatic carbocycles. The number of carbonyl (C=O) groups excluding carboxylic acids is 2. The molecule has 0 saturated carbocycles. The van der Waals surface area contributed by atoms with Crippen molar-refractivity contribution in [2.75, 3.05) is 18.4 Å². The molecule has 24 heavy (non-hydrogen) atoms. The van der Waals surface area contributed by atoms with E-state index in [0.29, 0.717) is 10.8 Å². The van der Waals surface area contributed by atoms with Crippen LogP contribution < -0.4 is 5.32 Å². The molecule has 7 heteroatoms. The summed E-state index contributed by atoms with van der Waals surface area (Å²) in [6, 6.07) is 5.74. The van der Waals surface area contributed by atoms with E-state index in [1.807, 2.05) is 4.90 Å². The fraction of sp³-hybridized carbons (Fsp3) is 0.353. The first kappa shape index (κ1) is 16.6. The van der Waals surface area contributed by atoms with Gasteiger partial charge in [-0.2, -0.15) is 0 Å². The van der Waals surface area contributed by atoms with Crippen molar-refractivity contribution in [3.63, 3.8) is 0 Å². The highest BCUT2D eigenvalue weighted by Gasteiger charge is 2.20. The van der Waals surface area contributed by atoms with Gasteiger partial charge < -0.3 is 4.90 Å². The van der Waals surface area contributed by atoms with Crippen molar-refractivity contribution in [1.82, 2.24) is 9.88 Å². The summed E-state index contributed by atoms with van der Waals surface area (Å²) in [5.41, 5.74) is 0.277. The van der Waals surface area contributed by atoms with E-state index in [1.165, 1.54) is 18.2 Å². The topological polar surface area (TPSA) is 62.3 Å². The largest absolute Gasteiger partial charge is 0.337 e. The van der Waals surface area contributed by atoms with Crippen molar-refractivity contribution >= 4 is 28.3 Å². The van der Waals surface area contributed by atoms with E-state index in [9.17, 15) is 14.0 Å². The number of amides is 2. The summed E-state index contributed by atoms with van der Waals surface area (Å²) in [5, 5.41) is 4.47. The van der Waals surface area contributed by atoms with Crippen LogP contribution in [0, 0.1) is 5.82 Å². The molecule has 0 unspecified atom stereocenters. The minimum absolute atomic E-state index is 0.0481. The average molecular weight is 347 g/mol. The molecule has 5 nitrogen and oxygen atoms in total. The molecule has 1 aromatic heterocycles. The lowest BCUT2D eigenvalue weighted by Gasteiger charge is -2.18. The van der Waals surface area contributed by atoms with Gasteiger partial charge in [-0.1, -0.05) is 25.0 Å². The molecule has 0 bridgehead atoms. The molecule has 0 spiro atoms. The number of thiazole rings is 1. The third-order valence-electron chi connectivity index (χ3n) is 3.96. The number of rotatable bonds is 3. The molecule has 0 radical (unpaired) electrons. The third kappa shape index (κ3) is 3.79. The molecule has 2 heterocycles. The maximum absolute atomic E-state index is 13.6. The monoisotopic (exact) mass is 347 g/mol. The number of nitrogens with one attached hydrogen (secondary N) is 1. The van der Waals surface area contributed by atoms with Crippen molar-refractivity contribution in [2.45, 2.75) is 25.7 Å². The normalized spacial score (nSPS) is 15.0. The molecule has 0 aliphatic carbocycles. The Morgan fingerprint density at radius 3 is 2.54 bits per heavy atom. The summed E-state index contributed by atoms with van der Waals surface area (Å²) in [5.74, 6) is -1.27. The Balaban J connectivity index is 1.68. The lowest BCUT2D eigenvalue weighted by atomic mass is 10.2.